The molecule has 0 aliphatic carbocycles. The van der Waals surface area contributed by atoms with Gasteiger partial charge in [0.2, 0.25) is 0 Å². The minimum Gasteiger partial charge on any atom is -0.396 e. The third kappa shape index (κ3) is 6.06. The summed E-state index contributed by atoms with van der Waals surface area (Å²) in [5, 5.41) is 9.07. The molecule has 0 saturated heterocycles. The Kier molecular flexibility index (Phi) is 6.70. The standard InChI is InChI=1S/C18H30O2/c1-14(11-12-19)15(2)20-17(13-18(3,4)5)16-9-7-6-8-10-16/h6-10,14-15,17,19H,11-13H2,1-5H3. The number of benzene rings is 1. The molecule has 1 rings (SSSR count). The van der Waals surface area contributed by atoms with Crippen molar-refractivity contribution in [1.82, 2.24) is 0 Å². The van der Waals surface area contributed by atoms with Crippen LogP contribution in [0.15, 0.2) is 30.3 Å². The zero-order valence-corrected chi connectivity index (χ0v) is 13.6. The molecular formula is C18H30O2. The number of hydrogen-bond donors (Lipinski definition) is 1. The second kappa shape index (κ2) is 7.80. The SMILES string of the molecule is CC(CCO)C(C)OC(CC(C)(C)C)c1ccccc1. The summed E-state index contributed by atoms with van der Waals surface area (Å²) in [4.78, 5) is 0. The van der Waals surface area contributed by atoms with Crippen LogP contribution in [-0.4, -0.2) is 17.8 Å². The second-order valence-corrected chi connectivity index (χ2v) is 6.99. The summed E-state index contributed by atoms with van der Waals surface area (Å²) in [5.74, 6) is 0.367. The lowest BCUT2D eigenvalue weighted by molar-refractivity contribution is -0.0510. The highest BCUT2D eigenvalue weighted by atomic mass is 16.5. The molecule has 0 spiro atoms. The molecule has 0 aliphatic heterocycles. The summed E-state index contributed by atoms with van der Waals surface area (Å²) in [7, 11) is 0. The summed E-state index contributed by atoms with van der Waals surface area (Å²) in [6.07, 6.45) is 2.05. The van der Waals surface area contributed by atoms with Gasteiger partial charge in [-0.15, -0.1) is 0 Å². The fraction of sp³-hybridized carbons (Fsp3) is 0.667. The maximum atomic E-state index is 9.07. The molecule has 1 aromatic rings. The molecule has 0 aromatic heterocycles. The van der Waals surface area contributed by atoms with Crippen LogP contribution in [0.1, 0.15) is 59.1 Å². The summed E-state index contributed by atoms with van der Waals surface area (Å²) < 4.78 is 6.32. The lowest BCUT2D eigenvalue weighted by Gasteiger charge is -2.31. The molecule has 0 bridgehead atoms. The first-order valence-electron chi connectivity index (χ1n) is 7.65. The first kappa shape index (κ1) is 17.2. The Morgan fingerprint density at radius 2 is 1.70 bits per heavy atom. The minimum atomic E-state index is 0.118. The average molecular weight is 278 g/mol. The molecule has 1 aromatic carbocycles. The van der Waals surface area contributed by atoms with Crippen LogP contribution < -0.4 is 0 Å². The molecule has 0 amide bonds. The van der Waals surface area contributed by atoms with Crippen LogP contribution in [0.5, 0.6) is 0 Å². The van der Waals surface area contributed by atoms with Crippen molar-refractivity contribution in [3.8, 4) is 0 Å². The molecule has 114 valence electrons. The molecule has 2 nitrogen and oxygen atoms in total. The maximum absolute atomic E-state index is 9.07. The van der Waals surface area contributed by atoms with Gasteiger partial charge in [-0.05, 0) is 36.7 Å². The van der Waals surface area contributed by atoms with Gasteiger partial charge in [0, 0.05) is 6.61 Å². The molecule has 0 radical (unpaired) electrons. The van der Waals surface area contributed by atoms with Crippen molar-refractivity contribution in [2.75, 3.05) is 6.61 Å². The third-order valence-electron chi connectivity index (χ3n) is 3.73. The Morgan fingerprint density at radius 3 is 2.20 bits per heavy atom. The lowest BCUT2D eigenvalue weighted by Crippen LogP contribution is -2.24. The number of hydrogen-bond acceptors (Lipinski definition) is 2. The van der Waals surface area contributed by atoms with Gasteiger partial charge in [0.15, 0.2) is 0 Å². The molecule has 2 heteroatoms. The Morgan fingerprint density at radius 1 is 1.10 bits per heavy atom. The zero-order chi connectivity index (χ0) is 15.2. The number of ether oxygens (including phenoxy) is 1. The Bertz CT molecular complexity index is 367. The van der Waals surface area contributed by atoms with E-state index < -0.39 is 0 Å². The van der Waals surface area contributed by atoms with E-state index in [0.717, 1.165) is 12.8 Å². The summed E-state index contributed by atoms with van der Waals surface area (Å²) in [5.41, 5.74) is 1.46. The van der Waals surface area contributed by atoms with Crippen LogP contribution in [0, 0.1) is 11.3 Å². The maximum Gasteiger partial charge on any atom is 0.0833 e. The van der Waals surface area contributed by atoms with Gasteiger partial charge in [0.1, 0.15) is 0 Å². The fourth-order valence-electron chi connectivity index (χ4n) is 2.30. The largest absolute Gasteiger partial charge is 0.396 e. The molecule has 20 heavy (non-hydrogen) atoms. The lowest BCUT2D eigenvalue weighted by atomic mass is 9.86. The van der Waals surface area contributed by atoms with Crippen molar-refractivity contribution in [2.45, 2.75) is 59.7 Å². The highest BCUT2D eigenvalue weighted by molar-refractivity contribution is 5.18. The van der Waals surface area contributed by atoms with Gasteiger partial charge in [0.25, 0.3) is 0 Å². The van der Waals surface area contributed by atoms with E-state index in [9.17, 15) is 0 Å². The molecule has 3 atom stereocenters. The van der Waals surface area contributed by atoms with E-state index in [2.05, 4.69) is 58.9 Å². The van der Waals surface area contributed by atoms with Crippen molar-refractivity contribution < 1.29 is 9.84 Å². The van der Waals surface area contributed by atoms with E-state index in [-0.39, 0.29) is 24.2 Å². The molecule has 0 heterocycles. The van der Waals surface area contributed by atoms with Gasteiger partial charge >= 0.3 is 0 Å². The molecule has 1 N–H and O–H groups in total. The van der Waals surface area contributed by atoms with Crippen molar-refractivity contribution in [3.05, 3.63) is 35.9 Å². The van der Waals surface area contributed by atoms with Crippen molar-refractivity contribution in [3.63, 3.8) is 0 Å². The van der Waals surface area contributed by atoms with E-state index in [4.69, 9.17) is 9.84 Å². The summed E-state index contributed by atoms with van der Waals surface area (Å²) >= 11 is 0. The van der Waals surface area contributed by atoms with Gasteiger partial charge in [-0.1, -0.05) is 58.0 Å². The fourth-order valence-corrected chi connectivity index (χ4v) is 2.30. The van der Waals surface area contributed by atoms with Gasteiger partial charge in [-0.2, -0.15) is 0 Å². The zero-order valence-electron chi connectivity index (χ0n) is 13.6. The molecular weight excluding hydrogens is 248 g/mol. The van der Waals surface area contributed by atoms with Gasteiger partial charge in [-0.25, -0.2) is 0 Å². The van der Waals surface area contributed by atoms with Crippen LogP contribution in [0.25, 0.3) is 0 Å². The van der Waals surface area contributed by atoms with Crippen LogP contribution in [0.3, 0.4) is 0 Å². The van der Waals surface area contributed by atoms with Gasteiger partial charge < -0.3 is 9.84 Å². The van der Waals surface area contributed by atoms with E-state index >= 15 is 0 Å². The van der Waals surface area contributed by atoms with Crippen LogP contribution in [0.4, 0.5) is 0 Å². The first-order chi connectivity index (χ1) is 9.33. The van der Waals surface area contributed by atoms with E-state index in [1.807, 2.05) is 6.07 Å². The Balaban J connectivity index is 2.78. The van der Waals surface area contributed by atoms with Crippen molar-refractivity contribution >= 4 is 0 Å². The second-order valence-electron chi connectivity index (χ2n) is 6.99. The van der Waals surface area contributed by atoms with Gasteiger partial charge in [0.05, 0.1) is 12.2 Å². The highest BCUT2D eigenvalue weighted by Gasteiger charge is 2.24. The van der Waals surface area contributed by atoms with E-state index in [0.29, 0.717) is 5.92 Å². The van der Waals surface area contributed by atoms with Crippen LogP contribution >= 0.6 is 0 Å². The molecule has 0 fully saturated rings. The monoisotopic (exact) mass is 278 g/mol. The number of rotatable bonds is 7. The van der Waals surface area contributed by atoms with Crippen LogP contribution in [0.2, 0.25) is 0 Å². The smallest absolute Gasteiger partial charge is 0.0833 e. The third-order valence-corrected chi connectivity index (χ3v) is 3.73. The molecule has 0 aliphatic rings. The molecule has 3 unspecified atom stereocenters. The predicted molar refractivity (Wildman–Crippen MR) is 84.7 cm³/mol. The Labute approximate surface area is 124 Å². The highest BCUT2D eigenvalue weighted by Crippen LogP contribution is 2.34. The van der Waals surface area contributed by atoms with Crippen LogP contribution in [-0.2, 0) is 4.74 Å². The number of aliphatic hydroxyl groups excluding tert-OH is 1. The quantitative estimate of drug-likeness (QED) is 0.790. The minimum absolute atomic E-state index is 0.118. The Hall–Kier alpha value is -0.860. The predicted octanol–water partition coefficient (Wildman–Crippen LogP) is 4.59. The summed E-state index contributed by atoms with van der Waals surface area (Å²) in [6.45, 7) is 11.2. The van der Waals surface area contributed by atoms with E-state index in [1.165, 1.54) is 5.56 Å². The van der Waals surface area contributed by atoms with Crippen molar-refractivity contribution in [1.29, 1.82) is 0 Å². The normalized spacial score (nSPS) is 16.7. The van der Waals surface area contributed by atoms with Crippen molar-refractivity contribution in [2.24, 2.45) is 11.3 Å². The topological polar surface area (TPSA) is 29.5 Å². The average Bonchev–Trinajstić information content (AvgIpc) is 2.37. The van der Waals surface area contributed by atoms with Gasteiger partial charge in [-0.3, -0.25) is 0 Å². The first-order valence-corrected chi connectivity index (χ1v) is 7.65. The van der Waals surface area contributed by atoms with E-state index in [1.54, 1.807) is 0 Å². The number of aliphatic hydroxyl groups is 1. The molecule has 0 saturated carbocycles. The summed E-state index contributed by atoms with van der Waals surface area (Å²) in [6, 6.07) is 10.4.